The van der Waals surface area contributed by atoms with Gasteiger partial charge >= 0.3 is 11.9 Å². The van der Waals surface area contributed by atoms with Gasteiger partial charge in [-0.05, 0) is 55.5 Å². The van der Waals surface area contributed by atoms with Gasteiger partial charge in [-0.1, -0.05) is 30.3 Å². The smallest absolute Gasteiger partial charge is 0.341 e. The number of amides is 1. The van der Waals surface area contributed by atoms with Gasteiger partial charge in [-0.15, -0.1) is 11.3 Å². The number of fused-ring (bicyclic) bond motifs is 1. The molecule has 0 unspecified atom stereocenters. The van der Waals surface area contributed by atoms with Gasteiger partial charge in [-0.2, -0.15) is 0 Å². The minimum absolute atomic E-state index is 0.316. The molecule has 1 aliphatic rings. The Balaban J connectivity index is 1.43. The molecule has 33 heavy (non-hydrogen) atoms. The summed E-state index contributed by atoms with van der Waals surface area (Å²) in [5, 5.41) is 6.36. The Bertz CT molecular complexity index is 1170. The van der Waals surface area contributed by atoms with Crippen molar-refractivity contribution in [2.45, 2.75) is 25.7 Å². The van der Waals surface area contributed by atoms with Gasteiger partial charge < -0.3 is 20.1 Å². The highest BCUT2D eigenvalue weighted by molar-refractivity contribution is 7.17. The minimum atomic E-state index is -0.622. The zero-order chi connectivity index (χ0) is 23.2. The number of nitrogens with one attached hydrogen (secondary N) is 2. The van der Waals surface area contributed by atoms with Crippen molar-refractivity contribution in [2.24, 2.45) is 0 Å². The molecule has 0 atom stereocenters. The Morgan fingerprint density at radius 2 is 1.67 bits per heavy atom. The fraction of sp³-hybridized carbons (Fsp3) is 0.240. The Morgan fingerprint density at radius 1 is 0.939 bits per heavy atom. The van der Waals surface area contributed by atoms with Crippen LogP contribution in [0, 0.1) is 0 Å². The van der Waals surface area contributed by atoms with Crippen LogP contribution in [0.5, 0.6) is 0 Å². The number of hydrogen-bond donors (Lipinski definition) is 2. The number of thiophene rings is 1. The lowest BCUT2D eigenvalue weighted by Crippen LogP contribution is -2.22. The second kappa shape index (κ2) is 10.3. The molecule has 2 N–H and O–H groups in total. The van der Waals surface area contributed by atoms with Crippen LogP contribution in [0.2, 0.25) is 0 Å². The lowest BCUT2D eigenvalue weighted by molar-refractivity contribution is -0.119. The van der Waals surface area contributed by atoms with E-state index in [1.54, 1.807) is 18.2 Å². The average Bonchev–Trinajstić information content (AvgIpc) is 3.20. The van der Waals surface area contributed by atoms with Crippen LogP contribution in [-0.4, -0.2) is 31.6 Å². The Labute approximate surface area is 195 Å². The first-order chi connectivity index (χ1) is 16.1. The number of anilines is 3. The average molecular weight is 465 g/mol. The number of rotatable bonds is 7. The fourth-order valence-electron chi connectivity index (χ4n) is 3.79. The van der Waals surface area contributed by atoms with Gasteiger partial charge in [-0.3, -0.25) is 4.79 Å². The lowest BCUT2D eigenvalue weighted by Gasteiger charge is -2.12. The van der Waals surface area contributed by atoms with Crippen LogP contribution >= 0.6 is 11.3 Å². The molecule has 4 rings (SSSR count). The number of esters is 2. The number of para-hydroxylation sites is 2. The standard InChI is InChI=1S/C25H24N2O5S/c1-31-25(30)22-18-12-6-8-14-20(18)33-23(22)27-21(28)15-32-24(29)17-11-5-7-13-19(17)26-16-9-3-2-4-10-16/h2-5,7,9-11,13,26H,6,8,12,14-15H2,1H3,(H,27,28). The molecule has 2 aromatic carbocycles. The number of ether oxygens (including phenoxy) is 2. The van der Waals surface area contributed by atoms with E-state index in [4.69, 9.17) is 9.47 Å². The molecule has 0 saturated carbocycles. The van der Waals surface area contributed by atoms with Crippen molar-refractivity contribution in [1.82, 2.24) is 0 Å². The highest BCUT2D eigenvalue weighted by Gasteiger charge is 2.27. The predicted molar refractivity (Wildman–Crippen MR) is 127 cm³/mol. The maximum atomic E-state index is 12.7. The zero-order valence-corrected chi connectivity index (χ0v) is 19.0. The quantitative estimate of drug-likeness (QED) is 0.481. The summed E-state index contributed by atoms with van der Waals surface area (Å²) in [4.78, 5) is 38.7. The predicted octanol–water partition coefficient (Wildman–Crippen LogP) is 4.95. The number of aryl methyl sites for hydroxylation is 1. The van der Waals surface area contributed by atoms with Gasteiger partial charge in [0.05, 0.1) is 23.9 Å². The van der Waals surface area contributed by atoms with Crippen molar-refractivity contribution in [2.75, 3.05) is 24.4 Å². The van der Waals surface area contributed by atoms with Crippen molar-refractivity contribution >= 4 is 45.6 Å². The molecule has 0 bridgehead atoms. The highest BCUT2D eigenvalue weighted by atomic mass is 32.1. The van der Waals surface area contributed by atoms with Crippen molar-refractivity contribution in [1.29, 1.82) is 0 Å². The van der Waals surface area contributed by atoms with E-state index in [2.05, 4.69) is 10.6 Å². The van der Waals surface area contributed by atoms with E-state index < -0.39 is 24.5 Å². The van der Waals surface area contributed by atoms with E-state index in [0.717, 1.165) is 41.8 Å². The molecule has 0 spiro atoms. The van der Waals surface area contributed by atoms with Crippen LogP contribution in [-0.2, 0) is 27.1 Å². The molecular weight excluding hydrogens is 440 g/mol. The Morgan fingerprint density at radius 3 is 2.45 bits per heavy atom. The number of methoxy groups -OCH3 is 1. The summed E-state index contributed by atoms with van der Waals surface area (Å²) in [6, 6.07) is 16.4. The van der Waals surface area contributed by atoms with E-state index in [9.17, 15) is 14.4 Å². The molecule has 8 heteroatoms. The molecule has 170 valence electrons. The third-order valence-electron chi connectivity index (χ3n) is 5.35. The number of carbonyl (C=O) groups excluding carboxylic acids is 3. The van der Waals surface area contributed by atoms with Crippen LogP contribution in [0.3, 0.4) is 0 Å². The van der Waals surface area contributed by atoms with Crippen molar-refractivity contribution in [3.63, 3.8) is 0 Å². The normalized spacial score (nSPS) is 12.4. The van der Waals surface area contributed by atoms with E-state index in [1.165, 1.54) is 18.4 Å². The van der Waals surface area contributed by atoms with Crippen molar-refractivity contribution in [3.8, 4) is 0 Å². The molecule has 0 saturated heterocycles. The molecular formula is C25H24N2O5S. The molecule has 1 aromatic heterocycles. The van der Waals surface area contributed by atoms with Crippen LogP contribution in [0.4, 0.5) is 16.4 Å². The maximum Gasteiger partial charge on any atom is 0.341 e. The molecule has 0 fully saturated rings. The van der Waals surface area contributed by atoms with Gasteiger partial charge in [0.1, 0.15) is 5.00 Å². The Kier molecular flexibility index (Phi) is 7.04. The second-order valence-corrected chi connectivity index (χ2v) is 8.67. The molecule has 0 radical (unpaired) electrons. The summed E-state index contributed by atoms with van der Waals surface area (Å²) >= 11 is 1.39. The third kappa shape index (κ3) is 5.23. The fourth-order valence-corrected chi connectivity index (χ4v) is 5.08. The summed E-state index contributed by atoms with van der Waals surface area (Å²) < 4.78 is 10.2. The van der Waals surface area contributed by atoms with E-state index >= 15 is 0 Å². The van der Waals surface area contributed by atoms with E-state index in [1.807, 2.05) is 36.4 Å². The Hall–Kier alpha value is -3.65. The lowest BCUT2D eigenvalue weighted by atomic mass is 9.95. The van der Waals surface area contributed by atoms with Crippen LogP contribution in [0.1, 0.15) is 44.0 Å². The van der Waals surface area contributed by atoms with Crippen molar-refractivity contribution < 1.29 is 23.9 Å². The highest BCUT2D eigenvalue weighted by Crippen LogP contribution is 2.38. The van der Waals surface area contributed by atoms with Gasteiger partial charge in [0.2, 0.25) is 0 Å². The van der Waals surface area contributed by atoms with Crippen LogP contribution in [0.15, 0.2) is 54.6 Å². The van der Waals surface area contributed by atoms with E-state index in [0.29, 0.717) is 21.8 Å². The van der Waals surface area contributed by atoms with Gasteiger partial charge in [0.15, 0.2) is 6.61 Å². The van der Waals surface area contributed by atoms with Crippen LogP contribution < -0.4 is 10.6 Å². The molecule has 1 amide bonds. The van der Waals surface area contributed by atoms with E-state index in [-0.39, 0.29) is 0 Å². The largest absolute Gasteiger partial charge is 0.465 e. The summed E-state index contributed by atoms with van der Waals surface area (Å²) in [6.45, 7) is -0.471. The minimum Gasteiger partial charge on any atom is -0.465 e. The van der Waals surface area contributed by atoms with Crippen LogP contribution in [0.25, 0.3) is 0 Å². The molecule has 7 nitrogen and oxygen atoms in total. The third-order valence-corrected chi connectivity index (χ3v) is 6.56. The molecule has 1 aliphatic carbocycles. The molecule has 0 aliphatic heterocycles. The topological polar surface area (TPSA) is 93.7 Å². The first kappa shape index (κ1) is 22.5. The second-order valence-electron chi connectivity index (χ2n) is 7.57. The summed E-state index contributed by atoms with van der Waals surface area (Å²) in [6.07, 6.45) is 3.71. The summed E-state index contributed by atoms with van der Waals surface area (Å²) in [7, 11) is 1.32. The van der Waals surface area contributed by atoms with Crippen molar-refractivity contribution in [3.05, 3.63) is 76.2 Å². The van der Waals surface area contributed by atoms with Gasteiger partial charge in [0.25, 0.3) is 5.91 Å². The molecule has 1 heterocycles. The number of carbonyl (C=O) groups is 3. The SMILES string of the molecule is COC(=O)c1c(NC(=O)COC(=O)c2ccccc2Nc2ccccc2)sc2c1CCCC2. The monoisotopic (exact) mass is 464 g/mol. The van der Waals surface area contributed by atoms with Gasteiger partial charge in [0, 0.05) is 10.6 Å². The maximum absolute atomic E-state index is 12.7. The number of hydrogen-bond acceptors (Lipinski definition) is 7. The first-order valence-corrected chi connectivity index (χ1v) is 11.5. The zero-order valence-electron chi connectivity index (χ0n) is 18.2. The first-order valence-electron chi connectivity index (χ1n) is 10.7. The van der Waals surface area contributed by atoms with Gasteiger partial charge in [-0.25, -0.2) is 9.59 Å². The number of benzene rings is 2. The summed E-state index contributed by atoms with van der Waals surface area (Å²) in [5.41, 5.74) is 3.08. The molecule has 3 aromatic rings. The summed E-state index contributed by atoms with van der Waals surface area (Å²) in [5.74, 6) is -1.61.